The summed E-state index contributed by atoms with van der Waals surface area (Å²) in [4.78, 5) is 23.7. The molecule has 0 N–H and O–H groups in total. The number of benzene rings is 2. The Morgan fingerprint density at radius 1 is 0.625 bits per heavy atom. The average Bonchev–Trinajstić information content (AvgIpc) is 2.65. The normalized spacial score (nSPS) is 9.17. The van der Waals surface area contributed by atoms with Crippen molar-refractivity contribution in [2.45, 2.75) is 25.7 Å². The Morgan fingerprint density at radius 2 is 1.00 bits per heavy atom. The topological polar surface area (TPSA) is 34.1 Å². The molecule has 0 fully saturated rings. The van der Waals surface area contributed by atoms with Crippen molar-refractivity contribution >= 4 is 11.6 Å². The van der Waals surface area contributed by atoms with Crippen LogP contribution in [0.15, 0.2) is 60.7 Å². The molecule has 2 heteroatoms. The highest BCUT2D eigenvalue weighted by atomic mass is 16.1. The second kappa shape index (κ2) is 9.82. The molecule has 0 heterocycles. The van der Waals surface area contributed by atoms with Gasteiger partial charge < -0.3 is 0 Å². The van der Waals surface area contributed by atoms with Gasteiger partial charge in [-0.25, -0.2) is 0 Å². The molecule has 2 rings (SSSR count). The maximum atomic E-state index is 11.8. The van der Waals surface area contributed by atoms with E-state index in [4.69, 9.17) is 0 Å². The van der Waals surface area contributed by atoms with E-state index in [1.54, 1.807) is 24.3 Å². The van der Waals surface area contributed by atoms with Gasteiger partial charge in [-0.15, -0.1) is 0 Å². The van der Waals surface area contributed by atoms with E-state index >= 15 is 0 Å². The Kier molecular flexibility index (Phi) is 7.06. The molecule has 2 aromatic rings. The quantitative estimate of drug-likeness (QED) is 0.588. The minimum atomic E-state index is 0.0892. The molecule has 0 atom stereocenters. The van der Waals surface area contributed by atoms with E-state index in [1.807, 2.05) is 36.4 Å². The van der Waals surface area contributed by atoms with Crippen LogP contribution in [0.5, 0.6) is 0 Å². The Bertz CT molecular complexity index is 726. The number of hydrogen-bond acceptors (Lipinski definition) is 2. The van der Waals surface area contributed by atoms with Crippen molar-refractivity contribution in [2.75, 3.05) is 0 Å². The van der Waals surface area contributed by atoms with Crippen molar-refractivity contribution in [3.05, 3.63) is 71.8 Å². The monoisotopic (exact) mass is 314 g/mol. The molecule has 24 heavy (non-hydrogen) atoms. The second-order valence-corrected chi connectivity index (χ2v) is 5.18. The summed E-state index contributed by atoms with van der Waals surface area (Å²) < 4.78 is 0. The summed E-state index contributed by atoms with van der Waals surface area (Å²) in [5, 5.41) is 0. The number of Topliss-reactive ketones (excluding diaryl/α,β-unsaturated/α-hetero) is 2. The third-order valence-electron chi connectivity index (χ3n) is 3.38. The lowest BCUT2D eigenvalue weighted by atomic mass is 10.1. The van der Waals surface area contributed by atoms with Gasteiger partial charge in [-0.1, -0.05) is 72.5 Å². The molecule has 0 saturated carbocycles. The highest BCUT2D eigenvalue weighted by Gasteiger charge is 2.03. The van der Waals surface area contributed by atoms with Crippen LogP contribution in [0, 0.1) is 23.7 Å². The lowest BCUT2D eigenvalue weighted by Crippen LogP contribution is -1.97. The van der Waals surface area contributed by atoms with Crippen LogP contribution in [0.3, 0.4) is 0 Å². The van der Waals surface area contributed by atoms with Crippen molar-refractivity contribution in [1.82, 2.24) is 0 Å². The highest BCUT2D eigenvalue weighted by Crippen LogP contribution is 2.05. The van der Waals surface area contributed by atoms with Gasteiger partial charge in [0.2, 0.25) is 0 Å². The van der Waals surface area contributed by atoms with E-state index in [-0.39, 0.29) is 11.6 Å². The number of hydrogen-bond donors (Lipinski definition) is 0. The summed E-state index contributed by atoms with van der Waals surface area (Å²) >= 11 is 0. The van der Waals surface area contributed by atoms with E-state index in [2.05, 4.69) is 23.7 Å². The molecule has 0 amide bonds. The number of carbonyl (C=O) groups excluding carboxylic acids is 2. The summed E-state index contributed by atoms with van der Waals surface area (Å²) in [5.74, 6) is 11.4. The van der Waals surface area contributed by atoms with Crippen LogP contribution in [0.25, 0.3) is 0 Å². The van der Waals surface area contributed by atoms with Gasteiger partial charge >= 0.3 is 0 Å². The van der Waals surface area contributed by atoms with Crippen LogP contribution >= 0.6 is 0 Å². The lowest BCUT2D eigenvalue weighted by molar-refractivity contribution is 0.0976. The van der Waals surface area contributed by atoms with Crippen LogP contribution in [-0.4, -0.2) is 11.6 Å². The molecule has 0 aliphatic carbocycles. The number of carbonyl (C=O) groups is 2. The highest BCUT2D eigenvalue weighted by molar-refractivity contribution is 5.96. The smallest absolute Gasteiger partial charge is 0.163 e. The van der Waals surface area contributed by atoms with E-state index in [9.17, 15) is 9.59 Å². The zero-order valence-corrected chi connectivity index (χ0v) is 13.4. The fourth-order valence-corrected chi connectivity index (χ4v) is 2.10. The van der Waals surface area contributed by atoms with E-state index in [1.165, 1.54) is 0 Å². The standard InChI is InChI=1S/C22H18O2/c23-21(19-13-7-5-8-14-19)17-11-3-1-2-4-12-18-22(24)20-15-9-6-10-16-20/h5-10,13-16H,11-12,17-18H2. The molecular formula is C22H18O2. The third-order valence-corrected chi connectivity index (χ3v) is 3.38. The van der Waals surface area contributed by atoms with Gasteiger partial charge in [-0.05, 0) is 11.8 Å². The maximum absolute atomic E-state index is 11.8. The summed E-state index contributed by atoms with van der Waals surface area (Å²) in [6.45, 7) is 0. The molecule has 0 unspecified atom stereocenters. The number of ketones is 2. The van der Waals surface area contributed by atoms with Crippen LogP contribution in [0.1, 0.15) is 46.4 Å². The molecule has 118 valence electrons. The largest absolute Gasteiger partial charge is 0.294 e. The SMILES string of the molecule is O=C(CCC#CC#CCCC(=O)c1ccccc1)c1ccccc1. The molecule has 0 aliphatic rings. The molecule has 2 aromatic carbocycles. The minimum absolute atomic E-state index is 0.0892. The first-order valence-corrected chi connectivity index (χ1v) is 7.89. The van der Waals surface area contributed by atoms with Gasteiger partial charge in [0.25, 0.3) is 0 Å². The van der Waals surface area contributed by atoms with Crippen molar-refractivity contribution in [1.29, 1.82) is 0 Å². The summed E-state index contributed by atoms with van der Waals surface area (Å²) in [5.41, 5.74) is 1.43. The molecule has 0 bridgehead atoms. The second-order valence-electron chi connectivity index (χ2n) is 5.18. The molecule has 0 radical (unpaired) electrons. The summed E-state index contributed by atoms with van der Waals surface area (Å²) in [6, 6.07) is 18.4. The van der Waals surface area contributed by atoms with Crippen LogP contribution < -0.4 is 0 Å². The van der Waals surface area contributed by atoms with Crippen molar-refractivity contribution < 1.29 is 9.59 Å². The van der Waals surface area contributed by atoms with Gasteiger partial charge in [-0.3, -0.25) is 9.59 Å². The zero-order chi connectivity index (χ0) is 17.0. The average molecular weight is 314 g/mol. The van der Waals surface area contributed by atoms with Gasteiger partial charge in [-0.2, -0.15) is 0 Å². The van der Waals surface area contributed by atoms with E-state index in [0.717, 1.165) is 0 Å². The zero-order valence-electron chi connectivity index (χ0n) is 13.4. The predicted molar refractivity (Wildman–Crippen MR) is 95.6 cm³/mol. The lowest BCUT2D eigenvalue weighted by Gasteiger charge is -1.96. The first-order valence-electron chi connectivity index (χ1n) is 7.89. The fourth-order valence-electron chi connectivity index (χ4n) is 2.10. The first kappa shape index (κ1) is 17.3. The Labute approximate surface area is 142 Å². The van der Waals surface area contributed by atoms with Crippen LogP contribution in [0.2, 0.25) is 0 Å². The molecular weight excluding hydrogens is 296 g/mol. The minimum Gasteiger partial charge on any atom is -0.294 e. The van der Waals surface area contributed by atoms with E-state index in [0.29, 0.717) is 36.8 Å². The van der Waals surface area contributed by atoms with Crippen LogP contribution in [-0.2, 0) is 0 Å². The van der Waals surface area contributed by atoms with Crippen LogP contribution in [0.4, 0.5) is 0 Å². The van der Waals surface area contributed by atoms with Gasteiger partial charge in [0.05, 0.1) is 0 Å². The predicted octanol–water partition coefficient (Wildman–Crippen LogP) is 4.32. The Morgan fingerprint density at radius 3 is 1.38 bits per heavy atom. The van der Waals surface area contributed by atoms with E-state index < -0.39 is 0 Å². The molecule has 0 aromatic heterocycles. The van der Waals surface area contributed by atoms with Crippen molar-refractivity contribution in [2.24, 2.45) is 0 Å². The van der Waals surface area contributed by atoms with Gasteiger partial charge in [0, 0.05) is 36.8 Å². The maximum Gasteiger partial charge on any atom is 0.163 e. The summed E-state index contributed by atoms with van der Waals surface area (Å²) in [7, 11) is 0. The Balaban J connectivity index is 1.68. The fraction of sp³-hybridized carbons (Fsp3) is 0.182. The van der Waals surface area contributed by atoms with Gasteiger partial charge in [0.1, 0.15) is 0 Å². The molecule has 0 saturated heterocycles. The van der Waals surface area contributed by atoms with Gasteiger partial charge in [0.15, 0.2) is 11.6 Å². The third kappa shape index (κ3) is 5.95. The Hall–Kier alpha value is -3.10. The number of rotatable bonds is 6. The first-order chi connectivity index (χ1) is 11.8. The molecule has 0 aliphatic heterocycles. The molecule has 2 nitrogen and oxygen atoms in total. The summed E-state index contributed by atoms with van der Waals surface area (Å²) in [6.07, 6.45) is 1.77. The molecule has 0 spiro atoms. The van der Waals surface area contributed by atoms with Crippen molar-refractivity contribution in [3.8, 4) is 23.7 Å². The van der Waals surface area contributed by atoms with Crippen molar-refractivity contribution in [3.63, 3.8) is 0 Å².